The minimum atomic E-state index is -3.83. The van der Waals surface area contributed by atoms with Gasteiger partial charge in [-0.05, 0) is 48.7 Å². The van der Waals surface area contributed by atoms with Crippen molar-refractivity contribution in [2.24, 2.45) is 5.92 Å². The van der Waals surface area contributed by atoms with Gasteiger partial charge in [0.1, 0.15) is 18.4 Å². The van der Waals surface area contributed by atoms with Gasteiger partial charge in [0.2, 0.25) is 21.8 Å². The lowest BCUT2D eigenvalue weighted by Crippen LogP contribution is -2.51. The number of halogens is 2. The standard InChI is InChI=1S/C23H29ClFN3O4S/c1-16(2)13-26-23(30)17(3)27(14-18-8-10-20(25)11-9-18)22(29)15-28(33(4,31)32)21-7-5-6-19(24)12-21/h5-12,16-17H,13-15H2,1-4H3,(H,26,30). The highest BCUT2D eigenvalue weighted by Gasteiger charge is 2.30. The summed E-state index contributed by atoms with van der Waals surface area (Å²) in [6, 6.07) is 10.8. The third-order valence-electron chi connectivity index (χ3n) is 4.89. The van der Waals surface area contributed by atoms with E-state index >= 15 is 0 Å². The number of nitrogens with zero attached hydrogens (tertiary/aromatic N) is 2. The lowest BCUT2D eigenvalue weighted by atomic mass is 10.1. The fourth-order valence-electron chi connectivity index (χ4n) is 3.07. The molecule has 0 aromatic heterocycles. The molecule has 0 bridgehead atoms. The topological polar surface area (TPSA) is 86.8 Å². The summed E-state index contributed by atoms with van der Waals surface area (Å²) in [6.07, 6.45) is 0.990. The summed E-state index contributed by atoms with van der Waals surface area (Å²) >= 11 is 6.01. The lowest BCUT2D eigenvalue weighted by molar-refractivity contribution is -0.139. The summed E-state index contributed by atoms with van der Waals surface area (Å²) in [7, 11) is -3.83. The Balaban J connectivity index is 2.35. The van der Waals surface area contributed by atoms with Crippen LogP contribution in [0.4, 0.5) is 10.1 Å². The Hall–Kier alpha value is -2.65. The first kappa shape index (κ1) is 26.6. The van der Waals surface area contributed by atoms with Crippen molar-refractivity contribution in [3.05, 3.63) is 64.9 Å². The van der Waals surface area contributed by atoms with E-state index in [9.17, 15) is 22.4 Å². The van der Waals surface area contributed by atoms with Gasteiger partial charge in [-0.15, -0.1) is 0 Å². The zero-order valence-corrected chi connectivity index (χ0v) is 20.7. The second-order valence-corrected chi connectivity index (χ2v) is 10.6. The van der Waals surface area contributed by atoms with E-state index in [2.05, 4.69) is 5.32 Å². The van der Waals surface area contributed by atoms with Crippen LogP contribution in [0.15, 0.2) is 48.5 Å². The molecule has 0 aliphatic heterocycles. The molecular formula is C23H29ClFN3O4S. The summed E-state index contributed by atoms with van der Waals surface area (Å²) in [5.41, 5.74) is 0.832. The molecule has 7 nitrogen and oxygen atoms in total. The lowest BCUT2D eigenvalue weighted by Gasteiger charge is -2.31. The molecule has 0 aliphatic carbocycles. The maximum Gasteiger partial charge on any atom is 0.244 e. The van der Waals surface area contributed by atoms with Crippen molar-refractivity contribution in [2.75, 3.05) is 23.7 Å². The van der Waals surface area contributed by atoms with Crippen LogP contribution in [0.25, 0.3) is 0 Å². The highest BCUT2D eigenvalue weighted by molar-refractivity contribution is 7.92. The monoisotopic (exact) mass is 497 g/mol. The molecule has 1 atom stereocenters. The van der Waals surface area contributed by atoms with E-state index < -0.39 is 34.3 Å². The van der Waals surface area contributed by atoms with Crippen molar-refractivity contribution in [2.45, 2.75) is 33.4 Å². The summed E-state index contributed by atoms with van der Waals surface area (Å²) in [5.74, 6) is -1.17. The Labute approximate surface area is 199 Å². The Morgan fingerprint density at radius 3 is 2.27 bits per heavy atom. The fourth-order valence-corrected chi connectivity index (χ4v) is 4.09. The number of benzene rings is 2. The normalized spacial score (nSPS) is 12.3. The Kier molecular flexibility index (Phi) is 9.25. The van der Waals surface area contributed by atoms with Gasteiger partial charge in [0.15, 0.2) is 0 Å². The molecule has 2 aromatic rings. The summed E-state index contributed by atoms with van der Waals surface area (Å²) in [5, 5.41) is 3.11. The van der Waals surface area contributed by atoms with Crippen LogP contribution in [0.3, 0.4) is 0 Å². The molecule has 0 aliphatic rings. The minimum absolute atomic E-state index is 0.00251. The molecule has 10 heteroatoms. The van der Waals surface area contributed by atoms with Crippen molar-refractivity contribution in [1.29, 1.82) is 0 Å². The summed E-state index contributed by atoms with van der Waals surface area (Å²) in [6.45, 7) is 5.37. The van der Waals surface area contributed by atoms with Gasteiger partial charge in [-0.1, -0.05) is 43.6 Å². The maximum atomic E-state index is 13.3. The molecule has 33 heavy (non-hydrogen) atoms. The molecule has 0 radical (unpaired) electrons. The third-order valence-corrected chi connectivity index (χ3v) is 6.27. The van der Waals surface area contributed by atoms with Crippen molar-refractivity contribution in [3.8, 4) is 0 Å². The number of anilines is 1. The molecule has 0 heterocycles. The number of carbonyl (C=O) groups excluding carboxylic acids is 2. The van der Waals surface area contributed by atoms with Crippen LogP contribution in [0.2, 0.25) is 5.02 Å². The second-order valence-electron chi connectivity index (χ2n) is 8.21. The predicted octanol–water partition coefficient (Wildman–Crippen LogP) is 3.43. The molecule has 0 saturated carbocycles. The van der Waals surface area contributed by atoms with Crippen LogP contribution in [-0.4, -0.2) is 50.5 Å². The molecule has 1 unspecified atom stereocenters. The molecule has 2 rings (SSSR count). The van der Waals surface area contributed by atoms with Crippen LogP contribution in [0.1, 0.15) is 26.3 Å². The van der Waals surface area contributed by atoms with Gasteiger partial charge in [0.05, 0.1) is 11.9 Å². The van der Waals surface area contributed by atoms with E-state index in [0.29, 0.717) is 17.1 Å². The zero-order chi connectivity index (χ0) is 24.8. The van der Waals surface area contributed by atoms with E-state index in [1.54, 1.807) is 19.1 Å². The zero-order valence-electron chi connectivity index (χ0n) is 19.1. The van der Waals surface area contributed by atoms with Crippen LogP contribution in [0.5, 0.6) is 0 Å². The van der Waals surface area contributed by atoms with E-state index in [-0.39, 0.29) is 24.1 Å². The molecular weight excluding hydrogens is 469 g/mol. The van der Waals surface area contributed by atoms with E-state index in [0.717, 1.165) is 10.6 Å². The molecule has 2 amide bonds. The first-order valence-electron chi connectivity index (χ1n) is 10.4. The highest BCUT2D eigenvalue weighted by Crippen LogP contribution is 2.22. The van der Waals surface area contributed by atoms with Crippen molar-refractivity contribution >= 4 is 39.1 Å². The largest absolute Gasteiger partial charge is 0.354 e. The number of rotatable bonds is 10. The van der Waals surface area contributed by atoms with Crippen molar-refractivity contribution in [3.63, 3.8) is 0 Å². The van der Waals surface area contributed by atoms with Crippen LogP contribution in [0, 0.1) is 11.7 Å². The first-order chi connectivity index (χ1) is 15.4. The number of carbonyl (C=O) groups is 2. The van der Waals surface area contributed by atoms with E-state index in [4.69, 9.17) is 11.6 Å². The van der Waals surface area contributed by atoms with Crippen LogP contribution < -0.4 is 9.62 Å². The highest BCUT2D eigenvalue weighted by atomic mass is 35.5. The van der Waals surface area contributed by atoms with Gasteiger partial charge < -0.3 is 10.2 Å². The van der Waals surface area contributed by atoms with Crippen LogP contribution in [-0.2, 0) is 26.2 Å². The number of nitrogens with one attached hydrogen (secondary N) is 1. The Bertz CT molecular complexity index is 1080. The molecule has 0 saturated heterocycles. The van der Waals surface area contributed by atoms with Crippen molar-refractivity contribution in [1.82, 2.24) is 10.2 Å². The van der Waals surface area contributed by atoms with E-state index in [1.165, 1.54) is 41.3 Å². The quantitative estimate of drug-likeness (QED) is 0.544. The average molecular weight is 498 g/mol. The Morgan fingerprint density at radius 1 is 1.09 bits per heavy atom. The number of sulfonamides is 1. The number of hydrogen-bond donors (Lipinski definition) is 1. The van der Waals surface area contributed by atoms with Gasteiger partial charge in [-0.25, -0.2) is 12.8 Å². The van der Waals surface area contributed by atoms with Gasteiger partial charge in [-0.3, -0.25) is 13.9 Å². The maximum absolute atomic E-state index is 13.3. The molecule has 180 valence electrons. The summed E-state index contributed by atoms with van der Waals surface area (Å²) in [4.78, 5) is 27.4. The smallest absolute Gasteiger partial charge is 0.244 e. The predicted molar refractivity (Wildman–Crippen MR) is 128 cm³/mol. The number of amides is 2. The number of hydrogen-bond acceptors (Lipinski definition) is 4. The molecule has 1 N–H and O–H groups in total. The minimum Gasteiger partial charge on any atom is -0.354 e. The average Bonchev–Trinajstić information content (AvgIpc) is 2.73. The van der Waals surface area contributed by atoms with Gasteiger partial charge in [0, 0.05) is 18.1 Å². The second kappa shape index (κ2) is 11.5. The first-order valence-corrected chi connectivity index (χ1v) is 12.7. The summed E-state index contributed by atoms with van der Waals surface area (Å²) < 4.78 is 39.2. The van der Waals surface area contributed by atoms with Gasteiger partial charge in [-0.2, -0.15) is 0 Å². The van der Waals surface area contributed by atoms with E-state index in [1.807, 2.05) is 13.8 Å². The van der Waals surface area contributed by atoms with Gasteiger partial charge in [0.25, 0.3) is 0 Å². The third kappa shape index (κ3) is 8.01. The van der Waals surface area contributed by atoms with Crippen LogP contribution >= 0.6 is 11.6 Å². The SMILES string of the molecule is CC(C)CNC(=O)C(C)N(Cc1ccc(F)cc1)C(=O)CN(c1cccc(Cl)c1)S(C)(=O)=O. The fraction of sp³-hybridized carbons (Fsp3) is 0.391. The molecule has 2 aromatic carbocycles. The molecule has 0 spiro atoms. The van der Waals surface area contributed by atoms with Crippen molar-refractivity contribution < 1.29 is 22.4 Å². The van der Waals surface area contributed by atoms with Gasteiger partial charge >= 0.3 is 0 Å². The molecule has 0 fully saturated rings. The Morgan fingerprint density at radius 2 is 1.73 bits per heavy atom.